The summed E-state index contributed by atoms with van der Waals surface area (Å²) in [7, 11) is 0. The van der Waals surface area contributed by atoms with Crippen LogP contribution in [0.15, 0.2) is 24.3 Å². The SMILES string of the molecule is C[C@H](CCC(=O)O)[C@H]1CC[C@H]2[C@@H]3[C@H](O)CC4C[C@H](OCc5ccccc5[N+](=O)[O-])CC[C@]4(C)[C@H]3CC[C@]12C. The first-order chi connectivity index (χ1) is 18.0. The van der Waals surface area contributed by atoms with E-state index in [0.717, 1.165) is 51.4 Å². The maximum absolute atomic E-state index is 11.6. The molecule has 0 bridgehead atoms. The molecule has 1 aromatic carbocycles. The van der Waals surface area contributed by atoms with Gasteiger partial charge in [-0.25, -0.2) is 0 Å². The second-order valence-electron chi connectivity index (χ2n) is 13.5. The summed E-state index contributed by atoms with van der Waals surface area (Å²) >= 11 is 0. The summed E-state index contributed by atoms with van der Waals surface area (Å²) in [6, 6.07) is 6.81. The van der Waals surface area contributed by atoms with Crippen molar-refractivity contribution in [1.82, 2.24) is 0 Å². The number of nitro groups is 1. The normalized spacial score (nSPS) is 41.0. The van der Waals surface area contributed by atoms with Gasteiger partial charge in [0.25, 0.3) is 5.69 Å². The van der Waals surface area contributed by atoms with E-state index in [1.165, 1.54) is 12.5 Å². The average Bonchev–Trinajstić information content (AvgIpc) is 3.24. The number of ether oxygens (including phenoxy) is 1. The monoisotopic (exact) mass is 527 g/mol. The molecule has 0 amide bonds. The zero-order chi connectivity index (χ0) is 27.2. The van der Waals surface area contributed by atoms with E-state index in [4.69, 9.17) is 4.74 Å². The maximum atomic E-state index is 11.6. The molecule has 5 rings (SSSR count). The number of benzene rings is 1. The van der Waals surface area contributed by atoms with Crippen LogP contribution in [-0.4, -0.2) is 33.3 Å². The fourth-order valence-electron chi connectivity index (χ4n) is 9.88. The first kappa shape index (κ1) is 27.6. The molecule has 38 heavy (non-hydrogen) atoms. The van der Waals surface area contributed by atoms with E-state index in [0.29, 0.717) is 41.1 Å². The Morgan fingerprint density at radius 2 is 1.82 bits per heavy atom. The van der Waals surface area contributed by atoms with E-state index in [-0.39, 0.29) is 46.7 Å². The van der Waals surface area contributed by atoms with Crippen LogP contribution in [0.1, 0.15) is 90.5 Å². The van der Waals surface area contributed by atoms with Gasteiger partial charge in [-0.1, -0.05) is 32.9 Å². The fraction of sp³-hybridized carbons (Fsp3) is 0.774. The Labute approximate surface area is 226 Å². The van der Waals surface area contributed by atoms with Gasteiger partial charge < -0.3 is 14.9 Å². The molecule has 0 saturated heterocycles. The lowest BCUT2D eigenvalue weighted by Gasteiger charge is -2.62. The number of para-hydroxylation sites is 1. The third kappa shape index (κ3) is 4.78. The predicted molar refractivity (Wildman–Crippen MR) is 144 cm³/mol. The van der Waals surface area contributed by atoms with Crippen molar-refractivity contribution >= 4 is 11.7 Å². The van der Waals surface area contributed by atoms with Crippen LogP contribution in [0.3, 0.4) is 0 Å². The number of fused-ring (bicyclic) bond motifs is 5. The first-order valence-corrected chi connectivity index (χ1v) is 14.8. The predicted octanol–water partition coefficient (Wildman–Crippen LogP) is 6.61. The Morgan fingerprint density at radius 3 is 2.55 bits per heavy atom. The van der Waals surface area contributed by atoms with Gasteiger partial charge in [0.1, 0.15) is 0 Å². The van der Waals surface area contributed by atoms with Crippen LogP contribution in [-0.2, 0) is 16.1 Å². The summed E-state index contributed by atoms with van der Waals surface area (Å²) in [5, 5.41) is 32.2. The number of carbonyl (C=O) groups is 1. The Bertz CT molecular complexity index is 1040. The van der Waals surface area contributed by atoms with Crippen molar-refractivity contribution in [2.24, 2.45) is 46.3 Å². The summed E-state index contributed by atoms with van der Waals surface area (Å²) in [5.74, 6) is 1.99. The van der Waals surface area contributed by atoms with E-state index in [1.54, 1.807) is 12.1 Å². The first-order valence-electron chi connectivity index (χ1n) is 14.8. The molecule has 0 heterocycles. The molecule has 7 heteroatoms. The second kappa shape index (κ2) is 10.5. The lowest BCUT2D eigenvalue weighted by Crippen LogP contribution is -2.58. The second-order valence-corrected chi connectivity index (χ2v) is 13.5. The Balaban J connectivity index is 1.26. The van der Waals surface area contributed by atoms with Crippen molar-refractivity contribution in [2.75, 3.05) is 0 Å². The number of carboxylic acid groups (broad SMARTS) is 1. The van der Waals surface area contributed by atoms with E-state index >= 15 is 0 Å². The summed E-state index contributed by atoms with van der Waals surface area (Å²) in [6.45, 7) is 7.40. The largest absolute Gasteiger partial charge is 0.481 e. The number of hydrogen-bond donors (Lipinski definition) is 2. The number of rotatable bonds is 8. The molecule has 10 atom stereocenters. The van der Waals surface area contributed by atoms with E-state index < -0.39 is 5.97 Å². The van der Waals surface area contributed by atoms with Gasteiger partial charge in [0, 0.05) is 12.5 Å². The lowest BCUT2D eigenvalue weighted by molar-refractivity contribution is -0.386. The van der Waals surface area contributed by atoms with Crippen LogP contribution in [0.25, 0.3) is 0 Å². The van der Waals surface area contributed by atoms with Crippen molar-refractivity contribution in [2.45, 2.75) is 104 Å². The number of aliphatic hydroxyl groups excluding tert-OH is 1. The van der Waals surface area contributed by atoms with Crippen LogP contribution >= 0.6 is 0 Å². The average molecular weight is 528 g/mol. The Kier molecular flexibility index (Phi) is 7.64. The lowest BCUT2D eigenvalue weighted by atomic mass is 9.43. The molecule has 0 aliphatic heterocycles. The molecule has 210 valence electrons. The van der Waals surface area contributed by atoms with Gasteiger partial charge in [0.15, 0.2) is 0 Å². The summed E-state index contributed by atoms with van der Waals surface area (Å²) in [4.78, 5) is 22.2. The van der Waals surface area contributed by atoms with Gasteiger partial charge in [0.05, 0.1) is 29.3 Å². The zero-order valence-electron chi connectivity index (χ0n) is 23.2. The molecule has 2 N–H and O–H groups in total. The van der Waals surface area contributed by atoms with Crippen molar-refractivity contribution < 1.29 is 24.7 Å². The molecule has 4 aliphatic rings. The van der Waals surface area contributed by atoms with Crippen LogP contribution in [0.5, 0.6) is 0 Å². The number of aliphatic hydroxyl groups is 1. The van der Waals surface area contributed by atoms with Gasteiger partial charge >= 0.3 is 5.97 Å². The van der Waals surface area contributed by atoms with Gasteiger partial charge in [0.2, 0.25) is 0 Å². The molecule has 0 spiro atoms. The smallest absolute Gasteiger partial charge is 0.303 e. The minimum absolute atomic E-state index is 0.0661. The van der Waals surface area contributed by atoms with Crippen molar-refractivity contribution in [3.8, 4) is 0 Å². The van der Waals surface area contributed by atoms with E-state index in [9.17, 15) is 25.1 Å². The van der Waals surface area contributed by atoms with Gasteiger partial charge in [-0.15, -0.1) is 0 Å². The number of nitro benzene ring substituents is 1. The quantitative estimate of drug-likeness (QED) is 0.291. The van der Waals surface area contributed by atoms with Gasteiger partial charge in [-0.2, -0.15) is 0 Å². The third-order valence-corrected chi connectivity index (χ3v) is 11.9. The molecule has 7 nitrogen and oxygen atoms in total. The van der Waals surface area contributed by atoms with Crippen LogP contribution in [0, 0.1) is 56.5 Å². The highest BCUT2D eigenvalue weighted by Gasteiger charge is 2.62. The molecule has 0 radical (unpaired) electrons. The molecule has 4 aliphatic carbocycles. The number of aliphatic carboxylic acids is 1. The molecular weight excluding hydrogens is 482 g/mol. The number of nitrogens with zero attached hydrogens (tertiary/aromatic N) is 1. The summed E-state index contributed by atoms with van der Waals surface area (Å²) in [5.41, 5.74) is 1.11. The number of hydrogen-bond acceptors (Lipinski definition) is 5. The van der Waals surface area contributed by atoms with Crippen LogP contribution < -0.4 is 0 Å². The van der Waals surface area contributed by atoms with Gasteiger partial charge in [-0.3, -0.25) is 14.9 Å². The summed E-state index contributed by atoms with van der Waals surface area (Å²) in [6.07, 6.45) is 9.14. The molecular formula is C31H45NO6. The fourth-order valence-corrected chi connectivity index (χ4v) is 9.88. The van der Waals surface area contributed by atoms with Crippen molar-refractivity contribution in [3.63, 3.8) is 0 Å². The zero-order valence-corrected chi connectivity index (χ0v) is 23.2. The van der Waals surface area contributed by atoms with E-state index in [2.05, 4.69) is 20.8 Å². The highest BCUT2D eigenvalue weighted by Crippen LogP contribution is 2.68. The van der Waals surface area contributed by atoms with Crippen LogP contribution in [0.2, 0.25) is 0 Å². The Morgan fingerprint density at radius 1 is 1.11 bits per heavy atom. The third-order valence-electron chi connectivity index (χ3n) is 11.9. The van der Waals surface area contributed by atoms with E-state index in [1.807, 2.05) is 6.07 Å². The Hall–Kier alpha value is -1.99. The molecule has 1 unspecified atom stereocenters. The van der Waals surface area contributed by atoms with Crippen LogP contribution in [0.4, 0.5) is 5.69 Å². The highest BCUT2D eigenvalue weighted by molar-refractivity contribution is 5.66. The number of carboxylic acids is 1. The summed E-state index contributed by atoms with van der Waals surface area (Å²) < 4.78 is 6.26. The molecule has 1 aromatic rings. The van der Waals surface area contributed by atoms with Crippen molar-refractivity contribution in [1.29, 1.82) is 0 Å². The minimum Gasteiger partial charge on any atom is -0.481 e. The molecule has 4 saturated carbocycles. The molecule has 0 aromatic heterocycles. The minimum atomic E-state index is -0.705. The van der Waals surface area contributed by atoms with Crippen molar-refractivity contribution in [3.05, 3.63) is 39.9 Å². The maximum Gasteiger partial charge on any atom is 0.303 e. The standard InChI is InChI=1S/C31H45NO6/c1-19(8-11-28(34)35)23-9-10-24-29-25(13-15-31(23,24)3)30(2)14-12-22(16-21(30)17-27(29)33)38-18-20-6-4-5-7-26(20)32(36)37/h4-7,19,21-25,27,29,33H,8-18H2,1-3H3,(H,34,35)/t19-,21?,22-,23-,24+,25+,27-,29+,30+,31-/m1/s1. The van der Waals surface area contributed by atoms with Gasteiger partial charge in [-0.05, 0) is 110 Å². The topological polar surface area (TPSA) is 110 Å². The highest BCUT2D eigenvalue weighted by atomic mass is 16.6. The molecule has 4 fully saturated rings.